The highest BCUT2D eigenvalue weighted by molar-refractivity contribution is 6.00. The Morgan fingerprint density at radius 2 is 2.03 bits per heavy atom. The van der Waals surface area contributed by atoms with Gasteiger partial charge in [0.05, 0.1) is 43.3 Å². The highest BCUT2D eigenvalue weighted by Gasteiger charge is 2.34. The van der Waals surface area contributed by atoms with Crippen LogP contribution in [-0.4, -0.2) is 49.9 Å². The van der Waals surface area contributed by atoms with Crippen molar-refractivity contribution in [1.29, 1.82) is 0 Å². The number of anilines is 4. The quantitative estimate of drug-likeness (QED) is 0.705. The highest BCUT2D eigenvalue weighted by Crippen LogP contribution is 2.40. The van der Waals surface area contributed by atoms with E-state index in [0.29, 0.717) is 18.5 Å². The third-order valence-corrected chi connectivity index (χ3v) is 7.63. The van der Waals surface area contributed by atoms with Crippen molar-refractivity contribution in [1.82, 2.24) is 4.98 Å². The molecule has 3 aliphatic rings. The summed E-state index contributed by atoms with van der Waals surface area (Å²) in [5.74, 6) is 1.52. The van der Waals surface area contributed by atoms with E-state index in [1.54, 1.807) is 13.3 Å². The number of benzene rings is 1. The highest BCUT2D eigenvalue weighted by atomic mass is 16.5. The third kappa shape index (κ3) is 4.51. The van der Waals surface area contributed by atoms with Crippen LogP contribution in [0.5, 0.6) is 0 Å². The summed E-state index contributed by atoms with van der Waals surface area (Å²) in [5.41, 5.74) is 4.03. The second kappa shape index (κ2) is 9.92. The maximum Gasteiger partial charge on any atom is 0.230 e. The Balaban J connectivity index is 1.51. The number of nitrogens with zero attached hydrogens (tertiary/aromatic N) is 3. The Bertz CT molecular complexity index is 1020. The average Bonchev–Trinajstić information content (AvgIpc) is 3.04. The molecule has 3 heterocycles. The van der Waals surface area contributed by atoms with Crippen molar-refractivity contribution >= 4 is 28.8 Å². The lowest BCUT2D eigenvalue weighted by Crippen LogP contribution is -2.48. The van der Waals surface area contributed by atoms with Gasteiger partial charge in [0.25, 0.3) is 0 Å². The summed E-state index contributed by atoms with van der Waals surface area (Å²) in [6, 6.07) is 10.8. The molecule has 2 aliphatic heterocycles. The first-order valence-electron chi connectivity index (χ1n) is 12.6. The fourth-order valence-corrected chi connectivity index (χ4v) is 5.55. The number of ether oxygens (including phenoxy) is 2. The van der Waals surface area contributed by atoms with Crippen LogP contribution in [-0.2, 0) is 20.8 Å². The molecule has 1 N–H and O–H groups in total. The molecule has 1 saturated carbocycles. The van der Waals surface area contributed by atoms with Gasteiger partial charge in [0.1, 0.15) is 5.82 Å². The normalized spacial score (nSPS) is 24.8. The molecule has 7 heteroatoms. The van der Waals surface area contributed by atoms with Crippen molar-refractivity contribution in [3.8, 4) is 0 Å². The van der Waals surface area contributed by atoms with Crippen LogP contribution in [0.25, 0.3) is 0 Å². The zero-order valence-electron chi connectivity index (χ0n) is 20.5. The number of pyridine rings is 1. The Hall–Kier alpha value is -2.64. The number of fused-ring (bicyclic) bond motifs is 2. The summed E-state index contributed by atoms with van der Waals surface area (Å²) >= 11 is 0. The number of rotatable bonds is 4. The topological polar surface area (TPSA) is 66.9 Å². The van der Waals surface area contributed by atoms with Gasteiger partial charge in [-0.2, -0.15) is 0 Å². The van der Waals surface area contributed by atoms with Crippen LogP contribution in [0.3, 0.4) is 0 Å². The largest absolute Gasteiger partial charge is 0.381 e. The number of hydrogen-bond donors (Lipinski definition) is 1. The van der Waals surface area contributed by atoms with E-state index in [-0.39, 0.29) is 17.9 Å². The first-order chi connectivity index (χ1) is 16.5. The van der Waals surface area contributed by atoms with Gasteiger partial charge in [0, 0.05) is 37.0 Å². The molecular formula is C27H36N4O3. The predicted octanol–water partition coefficient (Wildman–Crippen LogP) is 4.74. The summed E-state index contributed by atoms with van der Waals surface area (Å²) < 4.78 is 11.3. The molecule has 1 aliphatic carbocycles. The van der Waals surface area contributed by atoms with Crippen LogP contribution in [0, 0.1) is 11.8 Å². The number of carbonyl (C=O) groups is 1. The average molecular weight is 465 g/mol. The molecule has 1 aromatic carbocycles. The summed E-state index contributed by atoms with van der Waals surface area (Å²) in [5, 5.41) is 3.50. The smallest absolute Gasteiger partial charge is 0.230 e. The van der Waals surface area contributed by atoms with Gasteiger partial charge in [-0.25, -0.2) is 4.98 Å². The Morgan fingerprint density at radius 1 is 1.21 bits per heavy atom. The van der Waals surface area contributed by atoms with Gasteiger partial charge in [-0.1, -0.05) is 19.9 Å². The van der Waals surface area contributed by atoms with Gasteiger partial charge in [-0.15, -0.1) is 0 Å². The van der Waals surface area contributed by atoms with Gasteiger partial charge in [0.15, 0.2) is 0 Å². The van der Waals surface area contributed by atoms with Crippen LogP contribution in [0.1, 0.15) is 45.1 Å². The molecule has 5 rings (SSSR count). The molecule has 2 aromatic rings. The van der Waals surface area contributed by atoms with E-state index in [0.717, 1.165) is 73.9 Å². The minimum absolute atomic E-state index is 0.0212. The van der Waals surface area contributed by atoms with Gasteiger partial charge >= 0.3 is 0 Å². The fourth-order valence-electron chi connectivity index (χ4n) is 5.55. The Labute approximate surface area is 202 Å². The lowest BCUT2D eigenvalue weighted by atomic mass is 9.86. The lowest BCUT2D eigenvalue weighted by molar-refractivity contribution is -0.124. The minimum atomic E-state index is 0.0212. The Morgan fingerprint density at radius 3 is 2.79 bits per heavy atom. The van der Waals surface area contributed by atoms with Crippen molar-refractivity contribution in [3.63, 3.8) is 0 Å². The van der Waals surface area contributed by atoms with Crippen LogP contribution in [0.15, 0.2) is 36.5 Å². The number of aromatic nitrogens is 1. The number of amides is 1. The lowest BCUT2D eigenvalue weighted by Gasteiger charge is -2.40. The molecule has 1 unspecified atom stereocenters. The first kappa shape index (κ1) is 23.1. The minimum Gasteiger partial charge on any atom is -0.381 e. The Kier molecular flexibility index (Phi) is 6.75. The molecule has 1 amide bonds. The molecule has 2 fully saturated rings. The molecule has 7 nitrogen and oxygen atoms in total. The molecule has 0 radical (unpaired) electrons. The number of methoxy groups -OCH3 is 1. The summed E-state index contributed by atoms with van der Waals surface area (Å²) in [6.45, 7) is 7.31. The van der Waals surface area contributed by atoms with E-state index in [1.807, 2.05) is 11.0 Å². The number of morpholine rings is 1. The molecular weight excluding hydrogens is 428 g/mol. The molecule has 34 heavy (non-hydrogen) atoms. The van der Waals surface area contributed by atoms with E-state index in [9.17, 15) is 4.79 Å². The first-order valence-corrected chi connectivity index (χ1v) is 12.6. The molecule has 182 valence electrons. The maximum absolute atomic E-state index is 13.9. The molecule has 1 saturated heterocycles. The van der Waals surface area contributed by atoms with Crippen molar-refractivity contribution in [2.24, 2.45) is 11.8 Å². The van der Waals surface area contributed by atoms with E-state index < -0.39 is 0 Å². The van der Waals surface area contributed by atoms with E-state index >= 15 is 0 Å². The molecule has 0 spiro atoms. The second-order valence-electron chi connectivity index (χ2n) is 10.1. The van der Waals surface area contributed by atoms with Gasteiger partial charge in [-0.05, 0) is 55.9 Å². The van der Waals surface area contributed by atoms with E-state index in [4.69, 9.17) is 9.47 Å². The maximum atomic E-state index is 13.9. The third-order valence-electron chi connectivity index (χ3n) is 7.63. The van der Waals surface area contributed by atoms with Gasteiger partial charge in [-0.3, -0.25) is 4.79 Å². The second-order valence-corrected chi connectivity index (χ2v) is 10.1. The zero-order valence-corrected chi connectivity index (χ0v) is 20.5. The standard InChI is InChI=1S/C27H36N4O3/c1-18(2)25-17-34-14-13-30(25)21-8-11-23-24(15-21)31(16-20-5-4-12-28-26(20)29-23)27(32)19-6-9-22(33-3)10-7-19/h4-5,8,11-12,15,18-19,22,25H,6-7,9-10,13-14,16-17H2,1-3H3,(H,28,29)/t19-,22-,25?. The van der Waals surface area contributed by atoms with Crippen molar-refractivity contribution < 1.29 is 14.3 Å². The van der Waals surface area contributed by atoms with Crippen molar-refractivity contribution in [3.05, 3.63) is 42.1 Å². The van der Waals surface area contributed by atoms with Crippen LogP contribution >= 0.6 is 0 Å². The summed E-state index contributed by atoms with van der Waals surface area (Å²) in [6.07, 6.45) is 5.68. The summed E-state index contributed by atoms with van der Waals surface area (Å²) in [4.78, 5) is 22.9. The fraction of sp³-hybridized carbons (Fsp3) is 0.556. The molecule has 1 aromatic heterocycles. The van der Waals surface area contributed by atoms with Crippen LogP contribution in [0.4, 0.5) is 22.9 Å². The zero-order chi connectivity index (χ0) is 23.7. The monoisotopic (exact) mass is 464 g/mol. The molecule has 1 atom stereocenters. The van der Waals surface area contributed by atoms with Crippen LogP contribution < -0.4 is 15.1 Å². The van der Waals surface area contributed by atoms with Crippen molar-refractivity contribution in [2.75, 3.05) is 42.0 Å². The van der Waals surface area contributed by atoms with Gasteiger partial charge < -0.3 is 24.6 Å². The van der Waals surface area contributed by atoms with Gasteiger partial charge in [0.2, 0.25) is 5.91 Å². The SMILES string of the molecule is CO[C@H]1CC[C@H](C(=O)N2Cc3cccnc3Nc3ccc(N4CCOCC4C(C)C)cc32)CC1. The van der Waals surface area contributed by atoms with E-state index in [1.165, 1.54) is 0 Å². The molecule has 0 bridgehead atoms. The number of carbonyl (C=O) groups excluding carboxylic acids is 1. The number of nitrogens with one attached hydrogen (secondary N) is 1. The van der Waals surface area contributed by atoms with Crippen LogP contribution in [0.2, 0.25) is 0 Å². The predicted molar refractivity (Wildman–Crippen MR) is 135 cm³/mol. The van der Waals surface area contributed by atoms with Crippen molar-refractivity contribution in [2.45, 2.75) is 58.2 Å². The van der Waals surface area contributed by atoms with E-state index in [2.05, 4.69) is 53.3 Å². The summed E-state index contributed by atoms with van der Waals surface area (Å²) in [7, 11) is 1.77. The number of hydrogen-bond acceptors (Lipinski definition) is 6.